The van der Waals surface area contributed by atoms with Gasteiger partial charge in [0, 0.05) is 18.8 Å². The molecule has 1 aliphatic carbocycles. The maximum absolute atomic E-state index is 12.7. The molecule has 0 bridgehead atoms. The topological polar surface area (TPSA) is 90.0 Å². The molecule has 1 saturated carbocycles. The van der Waals surface area contributed by atoms with Crippen LogP contribution in [0.3, 0.4) is 0 Å². The molecule has 2 fully saturated rings. The smallest absolute Gasteiger partial charge is 0.369 e. The fraction of sp³-hybridized carbons (Fsp3) is 0.545. The van der Waals surface area contributed by atoms with Crippen LogP contribution in [0.1, 0.15) is 62.2 Å². The summed E-state index contributed by atoms with van der Waals surface area (Å²) in [6.07, 6.45) is 3.69. The van der Waals surface area contributed by atoms with Gasteiger partial charge in [0.25, 0.3) is 6.23 Å². The molecule has 0 radical (unpaired) electrons. The van der Waals surface area contributed by atoms with E-state index < -0.39 is 24.2 Å². The SMILES string of the molecule is CCOC(=O)[C@H](OC(=O)c1ccccc1)N1C(=O)C[C@H]1[C@@H]1CCCCCCC1=O. The van der Waals surface area contributed by atoms with Crippen LogP contribution in [-0.4, -0.2) is 47.4 Å². The van der Waals surface area contributed by atoms with Gasteiger partial charge in [0.2, 0.25) is 5.91 Å². The van der Waals surface area contributed by atoms with Crippen molar-refractivity contribution in [2.45, 2.75) is 64.1 Å². The number of Topliss-reactive ketones (excluding diaryl/α,β-unsaturated/α-hetero) is 1. The first-order valence-corrected chi connectivity index (χ1v) is 10.3. The van der Waals surface area contributed by atoms with Gasteiger partial charge in [0.15, 0.2) is 0 Å². The maximum atomic E-state index is 12.7. The molecule has 0 spiro atoms. The molecule has 3 atom stereocenters. The molecule has 2 aliphatic rings. The molecule has 1 amide bonds. The second-order valence-corrected chi connectivity index (χ2v) is 7.47. The Morgan fingerprint density at radius 3 is 2.52 bits per heavy atom. The standard InChI is InChI=1S/C22H27NO6/c1-2-28-22(27)20(29-21(26)15-10-6-5-7-11-15)23-17(14-19(23)25)16-12-8-3-4-9-13-18(16)24/h5-7,10-11,16-17,20H,2-4,8-9,12-14H2,1H3/t16-,17-,20-/m0/s1. The highest BCUT2D eigenvalue weighted by Gasteiger charge is 2.51. The number of hydrogen-bond donors (Lipinski definition) is 0. The summed E-state index contributed by atoms with van der Waals surface area (Å²) in [7, 11) is 0. The predicted molar refractivity (Wildman–Crippen MR) is 104 cm³/mol. The zero-order valence-corrected chi connectivity index (χ0v) is 16.7. The van der Waals surface area contributed by atoms with Crippen molar-refractivity contribution in [2.75, 3.05) is 6.61 Å². The van der Waals surface area contributed by atoms with Crippen LogP contribution >= 0.6 is 0 Å². The summed E-state index contributed by atoms with van der Waals surface area (Å²) in [5, 5.41) is 0. The minimum atomic E-state index is -1.48. The summed E-state index contributed by atoms with van der Waals surface area (Å²) in [5.74, 6) is -2.05. The third-order valence-electron chi connectivity index (χ3n) is 5.56. The van der Waals surface area contributed by atoms with E-state index in [0.717, 1.165) is 25.7 Å². The molecule has 7 heteroatoms. The lowest BCUT2D eigenvalue weighted by molar-refractivity contribution is -0.187. The lowest BCUT2D eigenvalue weighted by Gasteiger charge is -2.46. The van der Waals surface area contributed by atoms with Crippen molar-refractivity contribution >= 4 is 23.6 Å². The molecular weight excluding hydrogens is 374 g/mol. The van der Waals surface area contributed by atoms with E-state index in [1.807, 2.05) is 0 Å². The first-order chi connectivity index (χ1) is 14.0. The first kappa shape index (κ1) is 21.0. The molecule has 1 heterocycles. The summed E-state index contributed by atoms with van der Waals surface area (Å²) in [6, 6.07) is 7.82. The van der Waals surface area contributed by atoms with Crippen LogP contribution < -0.4 is 0 Å². The van der Waals surface area contributed by atoms with Crippen LogP contribution in [0.2, 0.25) is 0 Å². The van der Waals surface area contributed by atoms with Gasteiger partial charge in [-0.25, -0.2) is 9.59 Å². The highest BCUT2D eigenvalue weighted by atomic mass is 16.6. The largest absolute Gasteiger partial charge is 0.462 e. The van der Waals surface area contributed by atoms with Gasteiger partial charge in [-0.1, -0.05) is 37.5 Å². The van der Waals surface area contributed by atoms with Crippen LogP contribution in [0.15, 0.2) is 30.3 Å². The van der Waals surface area contributed by atoms with Gasteiger partial charge >= 0.3 is 11.9 Å². The normalized spacial score (nSPS) is 23.4. The molecule has 7 nitrogen and oxygen atoms in total. The number of rotatable bonds is 6. The van der Waals surface area contributed by atoms with Crippen molar-refractivity contribution in [1.82, 2.24) is 4.90 Å². The van der Waals surface area contributed by atoms with Gasteiger partial charge in [-0.2, -0.15) is 0 Å². The van der Waals surface area contributed by atoms with Crippen molar-refractivity contribution in [3.8, 4) is 0 Å². The zero-order valence-electron chi connectivity index (χ0n) is 16.7. The van der Waals surface area contributed by atoms with E-state index >= 15 is 0 Å². The Morgan fingerprint density at radius 2 is 1.83 bits per heavy atom. The van der Waals surface area contributed by atoms with Crippen molar-refractivity contribution in [3.63, 3.8) is 0 Å². The summed E-state index contributed by atoms with van der Waals surface area (Å²) >= 11 is 0. The predicted octanol–water partition coefficient (Wildman–Crippen LogP) is 2.87. The Hall–Kier alpha value is -2.70. The van der Waals surface area contributed by atoms with Gasteiger partial charge in [0.05, 0.1) is 18.2 Å². The number of β-lactam (4-membered cyclic amide) rings is 1. The molecule has 0 aromatic heterocycles. The second kappa shape index (κ2) is 9.67. The van der Waals surface area contributed by atoms with Gasteiger partial charge < -0.3 is 9.47 Å². The molecule has 0 unspecified atom stereocenters. The minimum absolute atomic E-state index is 0.0906. The van der Waals surface area contributed by atoms with E-state index in [4.69, 9.17) is 9.47 Å². The summed E-state index contributed by atoms with van der Waals surface area (Å²) in [6.45, 7) is 1.73. The molecule has 1 aliphatic heterocycles. The lowest BCUT2D eigenvalue weighted by Crippen LogP contribution is -2.64. The third kappa shape index (κ3) is 4.83. The number of carbonyl (C=O) groups is 4. The maximum Gasteiger partial charge on any atom is 0.369 e. The summed E-state index contributed by atoms with van der Waals surface area (Å²) in [5.41, 5.74) is 0.272. The Bertz CT molecular complexity index is 762. The Kier molecular flexibility index (Phi) is 7.01. The molecular formula is C22H27NO6. The van der Waals surface area contributed by atoms with Gasteiger partial charge in [-0.05, 0) is 31.9 Å². The Balaban J connectivity index is 1.81. The fourth-order valence-corrected chi connectivity index (χ4v) is 4.04. The monoisotopic (exact) mass is 401 g/mol. The number of benzene rings is 1. The van der Waals surface area contributed by atoms with E-state index in [1.165, 1.54) is 4.90 Å². The van der Waals surface area contributed by atoms with Crippen molar-refractivity contribution in [2.24, 2.45) is 5.92 Å². The van der Waals surface area contributed by atoms with E-state index in [9.17, 15) is 19.2 Å². The highest BCUT2D eigenvalue weighted by molar-refractivity contribution is 5.95. The molecule has 29 heavy (non-hydrogen) atoms. The quantitative estimate of drug-likeness (QED) is 0.538. The Morgan fingerprint density at radius 1 is 1.10 bits per heavy atom. The number of esters is 2. The number of amides is 1. The first-order valence-electron chi connectivity index (χ1n) is 10.3. The molecule has 1 aromatic rings. The second-order valence-electron chi connectivity index (χ2n) is 7.47. The zero-order chi connectivity index (χ0) is 20.8. The third-order valence-corrected chi connectivity index (χ3v) is 5.56. The minimum Gasteiger partial charge on any atom is -0.462 e. The number of ketones is 1. The average molecular weight is 401 g/mol. The van der Waals surface area contributed by atoms with E-state index in [0.29, 0.717) is 12.8 Å². The van der Waals surface area contributed by atoms with Gasteiger partial charge in [-0.3, -0.25) is 14.5 Å². The van der Waals surface area contributed by atoms with Crippen LogP contribution in [0.5, 0.6) is 0 Å². The number of likely N-dealkylation sites (tertiary alicyclic amines) is 1. The number of hydrogen-bond acceptors (Lipinski definition) is 6. The van der Waals surface area contributed by atoms with Crippen LogP contribution in [0, 0.1) is 5.92 Å². The van der Waals surface area contributed by atoms with Crippen LogP contribution in [0.4, 0.5) is 0 Å². The average Bonchev–Trinajstić information content (AvgIpc) is 2.70. The molecule has 3 rings (SSSR count). The van der Waals surface area contributed by atoms with E-state index in [-0.39, 0.29) is 36.2 Å². The van der Waals surface area contributed by atoms with E-state index in [1.54, 1.807) is 37.3 Å². The molecule has 156 valence electrons. The van der Waals surface area contributed by atoms with Crippen LogP contribution in [0.25, 0.3) is 0 Å². The summed E-state index contributed by atoms with van der Waals surface area (Å²) in [4.78, 5) is 51.4. The molecule has 1 saturated heterocycles. The van der Waals surface area contributed by atoms with Crippen molar-refractivity contribution in [1.29, 1.82) is 0 Å². The lowest BCUT2D eigenvalue weighted by atomic mass is 9.79. The van der Waals surface area contributed by atoms with Crippen molar-refractivity contribution in [3.05, 3.63) is 35.9 Å². The molecule has 0 N–H and O–H groups in total. The fourth-order valence-electron chi connectivity index (χ4n) is 4.04. The van der Waals surface area contributed by atoms with Crippen molar-refractivity contribution < 1.29 is 28.7 Å². The number of nitrogens with zero attached hydrogens (tertiary/aromatic N) is 1. The number of carbonyl (C=O) groups excluding carboxylic acids is 4. The summed E-state index contributed by atoms with van der Waals surface area (Å²) < 4.78 is 10.5. The van der Waals surface area contributed by atoms with Gasteiger partial charge in [0.1, 0.15) is 5.78 Å². The van der Waals surface area contributed by atoms with E-state index in [2.05, 4.69) is 0 Å². The van der Waals surface area contributed by atoms with Crippen LogP contribution in [-0.2, 0) is 23.9 Å². The Labute approximate surface area is 170 Å². The number of ether oxygens (including phenoxy) is 2. The van der Waals surface area contributed by atoms with Gasteiger partial charge in [-0.15, -0.1) is 0 Å². The highest BCUT2D eigenvalue weighted by Crippen LogP contribution is 2.35. The molecule has 1 aromatic carbocycles.